The summed E-state index contributed by atoms with van der Waals surface area (Å²) in [7, 11) is 0. The van der Waals surface area contributed by atoms with Gasteiger partial charge in [0.15, 0.2) is 0 Å². The van der Waals surface area contributed by atoms with Crippen molar-refractivity contribution in [2.75, 3.05) is 0 Å². The van der Waals surface area contributed by atoms with E-state index in [1.54, 1.807) is 0 Å². The number of rotatable bonds is 4. The zero-order chi connectivity index (χ0) is 15.4. The van der Waals surface area contributed by atoms with Gasteiger partial charge in [0.2, 0.25) is 5.91 Å². The molecule has 110 valence electrons. The smallest absolute Gasteiger partial charge is 0.224 e. The molecule has 1 amide bonds. The Bertz CT molecular complexity index is 813. The van der Waals surface area contributed by atoms with Crippen LogP contribution < -0.4 is 5.32 Å². The van der Waals surface area contributed by atoms with Gasteiger partial charge < -0.3 is 5.32 Å². The second kappa shape index (κ2) is 6.63. The zero-order valence-electron chi connectivity index (χ0n) is 12.1. The maximum absolute atomic E-state index is 12.1. The standard InChI is InChI=1S/C19H16ClNO/c20-18-8-4-3-7-17(18)13-21-19(22)12-14-9-10-15-5-1-2-6-16(15)11-14/h1-11H,12-13H2,(H,21,22). The number of amides is 1. The zero-order valence-corrected chi connectivity index (χ0v) is 12.8. The molecule has 0 unspecified atom stereocenters. The quantitative estimate of drug-likeness (QED) is 0.762. The minimum Gasteiger partial charge on any atom is -0.352 e. The number of nitrogens with one attached hydrogen (secondary N) is 1. The first kappa shape index (κ1) is 14.6. The average molecular weight is 310 g/mol. The van der Waals surface area contributed by atoms with Crippen LogP contribution in [0.1, 0.15) is 11.1 Å². The van der Waals surface area contributed by atoms with E-state index in [2.05, 4.69) is 23.5 Å². The summed E-state index contributed by atoms with van der Waals surface area (Å²) in [4.78, 5) is 12.1. The van der Waals surface area contributed by atoms with Crippen LogP contribution in [0.25, 0.3) is 10.8 Å². The van der Waals surface area contributed by atoms with Gasteiger partial charge in [-0.25, -0.2) is 0 Å². The molecule has 3 heteroatoms. The number of carbonyl (C=O) groups is 1. The summed E-state index contributed by atoms with van der Waals surface area (Å²) in [6.45, 7) is 0.450. The SMILES string of the molecule is O=C(Cc1ccc2ccccc2c1)NCc1ccccc1Cl. The highest BCUT2D eigenvalue weighted by Gasteiger charge is 2.05. The largest absolute Gasteiger partial charge is 0.352 e. The third kappa shape index (κ3) is 3.46. The van der Waals surface area contributed by atoms with E-state index in [0.29, 0.717) is 18.0 Å². The molecule has 3 aromatic rings. The number of carbonyl (C=O) groups excluding carboxylic acids is 1. The van der Waals surface area contributed by atoms with Gasteiger partial charge in [0.05, 0.1) is 6.42 Å². The van der Waals surface area contributed by atoms with Gasteiger partial charge in [-0.3, -0.25) is 4.79 Å². The van der Waals surface area contributed by atoms with Gasteiger partial charge in [0, 0.05) is 11.6 Å². The Morgan fingerprint density at radius 1 is 0.909 bits per heavy atom. The predicted molar refractivity (Wildman–Crippen MR) is 91.0 cm³/mol. The van der Waals surface area contributed by atoms with Gasteiger partial charge in [0.25, 0.3) is 0 Å². The maximum atomic E-state index is 12.1. The summed E-state index contributed by atoms with van der Waals surface area (Å²) in [6.07, 6.45) is 0.370. The van der Waals surface area contributed by atoms with E-state index in [1.807, 2.05) is 48.5 Å². The Morgan fingerprint density at radius 3 is 2.45 bits per heavy atom. The van der Waals surface area contributed by atoms with Crippen molar-refractivity contribution in [3.8, 4) is 0 Å². The molecule has 0 saturated carbocycles. The van der Waals surface area contributed by atoms with Gasteiger partial charge in [-0.2, -0.15) is 0 Å². The normalized spacial score (nSPS) is 10.6. The van der Waals surface area contributed by atoms with Gasteiger partial charge in [-0.15, -0.1) is 0 Å². The first-order valence-electron chi connectivity index (χ1n) is 7.20. The Labute approximate surface area is 134 Å². The molecular weight excluding hydrogens is 294 g/mol. The summed E-state index contributed by atoms with van der Waals surface area (Å²) >= 11 is 6.08. The minimum atomic E-state index is -0.00444. The van der Waals surface area contributed by atoms with Crippen LogP contribution in [0.3, 0.4) is 0 Å². The Balaban J connectivity index is 1.64. The molecule has 0 saturated heterocycles. The van der Waals surface area contributed by atoms with Crippen molar-refractivity contribution in [3.63, 3.8) is 0 Å². The van der Waals surface area contributed by atoms with Crippen LogP contribution in [0.15, 0.2) is 66.7 Å². The van der Waals surface area contributed by atoms with Crippen LogP contribution in [0.2, 0.25) is 5.02 Å². The summed E-state index contributed by atoms with van der Waals surface area (Å²) < 4.78 is 0. The van der Waals surface area contributed by atoms with Gasteiger partial charge in [-0.05, 0) is 28.0 Å². The summed E-state index contributed by atoms with van der Waals surface area (Å²) in [5, 5.41) is 5.92. The molecule has 0 heterocycles. The molecule has 0 aromatic heterocycles. The van der Waals surface area contributed by atoms with Crippen LogP contribution in [-0.2, 0) is 17.8 Å². The fourth-order valence-corrected chi connectivity index (χ4v) is 2.63. The molecule has 22 heavy (non-hydrogen) atoms. The molecule has 3 rings (SSSR count). The van der Waals surface area contributed by atoms with Gasteiger partial charge >= 0.3 is 0 Å². The number of benzene rings is 3. The average Bonchev–Trinajstić information content (AvgIpc) is 2.54. The summed E-state index contributed by atoms with van der Waals surface area (Å²) in [5.74, 6) is -0.00444. The van der Waals surface area contributed by atoms with E-state index in [1.165, 1.54) is 5.39 Å². The lowest BCUT2D eigenvalue weighted by Crippen LogP contribution is -2.24. The van der Waals surface area contributed by atoms with Crippen molar-refractivity contribution >= 4 is 28.3 Å². The Kier molecular flexibility index (Phi) is 4.40. The fraction of sp³-hybridized carbons (Fsp3) is 0.105. The number of halogens is 1. The minimum absolute atomic E-state index is 0.00444. The van der Waals surface area contributed by atoms with Gasteiger partial charge in [-0.1, -0.05) is 72.3 Å². The Hall–Kier alpha value is -2.32. The lowest BCUT2D eigenvalue weighted by Gasteiger charge is -2.07. The molecule has 2 nitrogen and oxygen atoms in total. The molecule has 3 aromatic carbocycles. The predicted octanol–water partition coefficient (Wildman–Crippen LogP) is 4.35. The molecule has 0 atom stereocenters. The highest BCUT2D eigenvalue weighted by atomic mass is 35.5. The molecule has 0 bridgehead atoms. The van der Waals surface area contributed by atoms with Crippen LogP contribution in [-0.4, -0.2) is 5.91 Å². The lowest BCUT2D eigenvalue weighted by molar-refractivity contribution is -0.120. The monoisotopic (exact) mass is 309 g/mol. The van der Waals surface area contributed by atoms with E-state index < -0.39 is 0 Å². The lowest BCUT2D eigenvalue weighted by atomic mass is 10.0. The highest BCUT2D eigenvalue weighted by Crippen LogP contribution is 2.16. The third-order valence-electron chi connectivity index (χ3n) is 3.61. The molecule has 0 aliphatic rings. The van der Waals surface area contributed by atoms with Crippen molar-refractivity contribution in [1.29, 1.82) is 0 Å². The molecule has 0 radical (unpaired) electrons. The van der Waals surface area contributed by atoms with Crippen molar-refractivity contribution in [2.24, 2.45) is 0 Å². The van der Waals surface area contributed by atoms with Crippen LogP contribution in [0.5, 0.6) is 0 Å². The van der Waals surface area contributed by atoms with Crippen LogP contribution >= 0.6 is 11.6 Å². The first-order valence-corrected chi connectivity index (χ1v) is 7.58. The van der Waals surface area contributed by atoms with E-state index in [9.17, 15) is 4.79 Å². The second-order valence-corrected chi connectivity index (χ2v) is 5.63. The summed E-state index contributed by atoms with van der Waals surface area (Å²) in [6, 6.07) is 21.8. The topological polar surface area (TPSA) is 29.1 Å². The van der Waals surface area contributed by atoms with E-state index >= 15 is 0 Å². The molecule has 0 aliphatic carbocycles. The van der Waals surface area contributed by atoms with E-state index in [0.717, 1.165) is 16.5 Å². The molecule has 0 fully saturated rings. The first-order chi connectivity index (χ1) is 10.7. The molecule has 0 spiro atoms. The molecule has 0 aliphatic heterocycles. The van der Waals surface area contributed by atoms with Crippen molar-refractivity contribution < 1.29 is 4.79 Å². The van der Waals surface area contributed by atoms with E-state index in [4.69, 9.17) is 11.6 Å². The molecule has 1 N–H and O–H groups in total. The van der Waals surface area contributed by atoms with Gasteiger partial charge in [0.1, 0.15) is 0 Å². The number of hydrogen-bond acceptors (Lipinski definition) is 1. The second-order valence-electron chi connectivity index (χ2n) is 5.23. The Morgan fingerprint density at radius 2 is 1.64 bits per heavy atom. The number of hydrogen-bond donors (Lipinski definition) is 1. The van der Waals surface area contributed by atoms with Crippen molar-refractivity contribution in [1.82, 2.24) is 5.32 Å². The van der Waals surface area contributed by atoms with Crippen LogP contribution in [0, 0.1) is 0 Å². The van der Waals surface area contributed by atoms with E-state index in [-0.39, 0.29) is 5.91 Å². The highest BCUT2D eigenvalue weighted by molar-refractivity contribution is 6.31. The maximum Gasteiger partial charge on any atom is 0.224 e. The third-order valence-corrected chi connectivity index (χ3v) is 3.98. The summed E-state index contributed by atoms with van der Waals surface area (Å²) in [5.41, 5.74) is 1.94. The van der Waals surface area contributed by atoms with Crippen LogP contribution in [0.4, 0.5) is 0 Å². The number of fused-ring (bicyclic) bond motifs is 1. The van der Waals surface area contributed by atoms with Crippen molar-refractivity contribution in [3.05, 3.63) is 82.9 Å². The molecular formula is C19H16ClNO. The fourth-order valence-electron chi connectivity index (χ4n) is 2.43. The van der Waals surface area contributed by atoms with Crippen molar-refractivity contribution in [2.45, 2.75) is 13.0 Å².